The van der Waals surface area contributed by atoms with Gasteiger partial charge in [0.05, 0.1) is 5.69 Å². The first-order valence-electron chi connectivity index (χ1n) is 7.26. The van der Waals surface area contributed by atoms with Crippen LogP contribution in [0, 0.1) is 0 Å². The topological polar surface area (TPSA) is 80.9 Å². The van der Waals surface area contributed by atoms with Crippen molar-refractivity contribution in [1.29, 1.82) is 0 Å². The largest absolute Gasteiger partial charge is 0.476 e. The van der Waals surface area contributed by atoms with E-state index in [1.165, 1.54) is 12.5 Å². The van der Waals surface area contributed by atoms with Crippen molar-refractivity contribution in [1.82, 2.24) is 19.5 Å². The summed E-state index contributed by atoms with van der Waals surface area (Å²) < 4.78 is 1.60. The zero-order valence-electron chi connectivity index (χ0n) is 12.8. The van der Waals surface area contributed by atoms with Gasteiger partial charge in [-0.05, 0) is 0 Å². The molecule has 0 amide bonds. The normalized spacial score (nSPS) is 10.9. The lowest BCUT2D eigenvalue weighted by molar-refractivity contribution is 0.0691. The fourth-order valence-corrected chi connectivity index (χ4v) is 2.16. The molecular weight excluding hydrogens is 292 g/mol. The van der Waals surface area contributed by atoms with E-state index in [2.05, 4.69) is 15.0 Å². The highest BCUT2D eigenvalue weighted by atomic mass is 16.4. The van der Waals surface area contributed by atoms with Crippen molar-refractivity contribution in [3.63, 3.8) is 0 Å². The highest BCUT2D eigenvalue weighted by Crippen LogP contribution is 2.22. The van der Waals surface area contributed by atoms with Gasteiger partial charge in [0.25, 0.3) is 0 Å². The minimum atomic E-state index is -1.06. The fourth-order valence-electron chi connectivity index (χ4n) is 2.16. The molecule has 2 aromatic heterocycles. The summed E-state index contributed by atoms with van der Waals surface area (Å²) in [5, 5.41) is 9.01. The quantitative estimate of drug-likeness (QED) is 0.800. The van der Waals surface area contributed by atoms with Gasteiger partial charge in [0.1, 0.15) is 18.0 Å². The van der Waals surface area contributed by atoms with Crippen LogP contribution >= 0.6 is 0 Å². The van der Waals surface area contributed by atoms with Crippen LogP contribution in [-0.2, 0) is 0 Å². The lowest BCUT2D eigenvalue weighted by Gasteiger charge is -2.10. The second kappa shape index (κ2) is 6.00. The molecule has 0 aliphatic rings. The maximum Gasteiger partial charge on any atom is 0.356 e. The second-order valence-corrected chi connectivity index (χ2v) is 5.46. The van der Waals surface area contributed by atoms with Crippen LogP contribution in [0.25, 0.3) is 17.1 Å². The van der Waals surface area contributed by atoms with Crippen LogP contribution in [0.2, 0.25) is 0 Å². The summed E-state index contributed by atoms with van der Waals surface area (Å²) in [6.45, 7) is 4.04. The van der Waals surface area contributed by atoms with Crippen LogP contribution in [-0.4, -0.2) is 30.6 Å². The molecule has 0 unspecified atom stereocenters. The van der Waals surface area contributed by atoms with Crippen molar-refractivity contribution in [2.24, 2.45) is 0 Å². The van der Waals surface area contributed by atoms with Crippen molar-refractivity contribution < 1.29 is 9.90 Å². The second-order valence-electron chi connectivity index (χ2n) is 5.46. The monoisotopic (exact) mass is 308 g/mol. The van der Waals surface area contributed by atoms with Crippen LogP contribution in [0.15, 0.2) is 48.9 Å². The molecule has 1 N–H and O–H groups in total. The van der Waals surface area contributed by atoms with E-state index in [4.69, 9.17) is 5.11 Å². The Morgan fingerprint density at radius 3 is 2.52 bits per heavy atom. The molecule has 0 saturated carbocycles. The third-order valence-corrected chi connectivity index (χ3v) is 3.38. The number of carboxylic acids is 1. The van der Waals surface area contributed by atoms with Crippen LogP contribution in [0.4, 0.5) is 0 Å². The molecule has 0 spiro atoms. The standard InChI is InChI=1S/C17H16N4O2/c1-11(2)16-19-13(12-6-4-3-5-7-12)8-15(20-16)21-9-14(17(22)23)18-10-21/h3-11H,1-2H3,(H,22,23). The van der Waals surface area contributed by atoms with Crippen molar-refractivity contribution in [3.8, 4) is 17.1 Å². The molecule has 2 heterocycles. The number of hydrogen-bond donors (Lipinski definition) is 1. The lowest BCUT2D eigenvalue weighted by Crippen LogP contribution is -2.05. The molecule has 0 aliphatic heterocycles. The first kappa shape index (κ1) is 14.9. The van der Waals surface area contributed by atoms with E-state index >= 15 is 0 Å². The van der Waals surface area contributed by atoms with Gasteiger partial charge in [-0.15, -0.1) is 0 Å². The average molecular weight is 308 g/mol. The summed E-state index contributed by atoms with van der Waals surface area (Å²) in [5.74, 6) is 0.388. The summed E-state index contributed by atoms with van der Waals surface area (Å²) >= 11 is 0. The number of nitrogens with zero attached hydrogens (tertiary/aromatic N) is 4. The zero-order chi connectivity index (χ0) is 16.4. The molecule has 6 heteroatoms. The summed E-state index contributed by atoms with van der Waals surface area (Å²) in [6, 6.07) is 11.6. The first-order valence-corrected chi connectivity index (χ1v) is 7.26. The van der Waals surface area contributed by atoms with E-state index in [9.17, 15) is 4.79 Å². The van der Waals surface area contributed by atoms with Crippen LogP contribution in [0.3, 0.4) is 0 Å². The Morgan fingerprint density at radius 2 is 1.91 bits per heavy atom. The van der Waals surface area contributed by atoms with E-state index in [1.54, 1.807) is 4.57 Å². The minimum Gasteiger partial charge on any atom is -0.476 e. The van der Waals surface area contributed by atoms with Gasteiger partial charge in [0.15, 0.2) is 5.69 Å². The van der Waals surface area contributed by atoms with Crippen LogP contribution in [0.1, 0.15) is 36.1 Å². The minimum absolute atomic E-state index is 0.0176. The van der Waals surface area contributed by atoms with E-state index in [0.29, 0.717) is 11.6 Å². The highest BCUT2D eigenvalue weighted by molar-refractivity contribution is 5.85. The predicted molar refractivity (Wildman–Crippen MR) is 85.6 cm³/mol. The van der Waals surface area contributed by atoms with Gasteiger partial charge >= 0.3 is 5.97 Å². The van der Waals surface area contributed by atoms with E-state index in [1.807, 2.05) is 50.2 Å². The first-order chi connectivity index (χ1) is 11.0. The number of aromatic carboxylic acids is 1. The number of aromatic nitrogens is 4. The van der Waals surface area contributed by atoms with Gasteiger partial charge in [0.2, 0.25) is 0 Å². The van der Waals surface area contributed by atoms with Crippen molar-refractivity contribution in [2.45, 2.75) is 19.8 Å². The maximum atomic E-state index is 11.0. The SMILES string of the molecule is CC(C)c1nc(-c2ccccc2)cc(-n2cnc(C(=O)O)c2)n1. The highest BCUT2D eigenvalue weighted by Gasteiger charge is 2.13. The molecule has 116 valence electrons. The summed E-state index contributed by atoms with van der Waals surface area (Å²) in [5.41, 5.74) is 1.76. The number of carboxylic acid groups (broad SMARTS) is 1. The number of benzene rings is 1. The van der Waals surface area contributed by atoms with Gasteiger partial charge in [-0.3, -0.25) is 4.57 Å². The molecule has 0 atom stereocenters. The number of imidazole rings is 1. The Balaban J connectivity index is 2.12. The third-order valence-electron chi connectivity index (χ3n) is 3.38. The van der Waals surface area contributed by atoms with Crippen molar-refractivity contribution in [3.05, 3.63) is 60.4 Å². The molecule has 3 rings (SSSR count). The van der Waals surface area contributed by atoms with Gasteiger partial charge in [-0.1, -0.05) is 44.2 Å². The van der Waals surface area contributed by atoms with Crippen LogP contribution in [0.5, 0.6) is 0 Å². The fraction of sp³-hybridized carbons (Fsp3) is 0.176. The molecule has 0 fully saturated rings. The van der Waals surface area contributed by atoms with Crippen LogP contribution < -0.4 is 0 Å². The summed E-state index contributed by atoms with van der Waals surface area (Å²) in [6.07, 6.45) is 2.90. The van der Waals surface area contributed by atoms with E-state index in [-0.39, 0.29) is 11.6 Å². The van der Waals surface area contributed by atoms with Crippen molar-refractivity contribution in [2.75, 3.05) is 0 Å². The van der Waals surface area contributed by atoms with Crippen molar-refractivity contribution >= 4 is 5.97 Å². The molecule has 0 radical (unpaired) electrons. The molecule has 6 nitrogen and oxygen atoms in total. The molecule has 3 aromatic rings. The van der Waals surface area contributed by atoms with Gasteiger partial charge in [0, 0.05) is 23.7 Å². The number of rotatable bonds is 4. The molecule has 0 bridgehead atoms. The van der Waals surface area contributed by atoms with E-state index in [0.717, 1.165) is 11.3 Å². The summed E-state index contributed by atoms with van der Waals surface area (Å²) in [7, 11) is 0. The molecule has 0 aliphatic carbocycles. The number of hydrogen-bond acceptors (Lipinski definition) is 4. The van der Waals surface area contributed by atoms with Gasteiger partial charge < -0.3 is 5.11 Å². The smallest absolute Gasteiger partial charge is 0.356 e. The maximum absolute atomic E-state index is 11.0. The molecule has 1 aromatic carbocycles. The number of carbonyl (C=O) groups is 1. The molecule has 23 heavy (non-hydrogen) atoms. The Morgan fingerprint density at radius 1 is 1.17 bits per heavy atom. The zero-order valence-corrected chi connectivity index (χ0v) is 12.8. The Bertz CT molecular complexity index is 841. The Kier molecular flexibility index (Phi) is 3.89. The van der Waals surface area contributed by atoms with E-state index < -0.39 is 5.97 Å². The van der Waals surface area contributed by atoms with Gasteiger partial charge in [-0.25, -0.2) is 19.7 Å². The molecular formula is C17H16N4O2. The Labute approximate surface area is 133 Å². The Hall–Kier alpha value is -3.02. The third kappa shape index (κ3) is 3.11. The average Bonchev–Trinajstić information content (AvgIpc) is 3.05. The van der Waals surface area contributed by atoms with Gasteiger partial charge in [-0.2, -0.15) is 0 Å². The lowest BCUT2D eigenvalue weighted by atomic mass is 10.1. The predicted octanol–water partition coefficient (Wildman–Crippen LogP) is 3.15. The molecule has 0 saturated heterocycles. The summed E-state index contributed by atoms with van der Waals surface area (Å²) in [4.78, 5) is 24.0.